The molecule has 1 unspecified atom stereocenters. The Bertz CT molecular complexity index is 742. The van der Waals surface area contributed by atoms with E-state index in [9.17, 15) is 23.1 Å². The summed E-state index contributed by atoms with van der Waals surface area (Å²) in [6.07, 6.45) is 0. The largest absolute Gasteiger partial charge is 0.495 e. The minimum absolute atomic E-state index is 0.0473. The third-order valence-corrected chi connectivity index (χ3v) is 3.59. The average Bonchev–Trinajstić information content (AvgIpc) is 2.55. The Morgan fingerprint density at radius 1 is 1.22 bits per heavy atom. The fraction of sp³-hybridized carbons (Fsp3) is 0.438. The summed E-state index contributed by atoms with van der Waals surface area (Å²) in [5.74, 6) is -2.95. The van der Waals surface area contributed by atoms with Crippen LogP contribution in [0.5, 0.6) is 5.75 Å². The lowest BCUT2D eigenvalue weighted by atomic mass is 10.2. The molecule has 0 aliphatic heterocycles. The van der Waals surface area contributed by atoms with Crippen molar-refractivity contribution in [3.63, 3.8) is 0 Å². The van der Waals surface area contributed by atoms with Crippen molar-refractivity contribution in [2.75, 3.05) is 24.6 Å². The van der Waals surface area contributed by atoms with Crippen molar-refractivity contribution in [3.05, 3.63) is 23.8 Å². The summed E-state index contributed by atoms with van der Waals surface area (Å²) >= 11 is -2.64. The van der Waals surface area contributed by atoms with Gasteiger partial charge in [-0.05, 0) is 39.0 Å². The zero-order valence-electron chi connectivity index (χ0n) is 15.3. The quantitative estimate of drug-likeness (QED) is 0.484. The highest BCUT2D eigenvalue weighted by molar-refractivity contribution is 7.80. The van der Waals surface area contributed by atoms with Crippen molar-refractivity contribution in [2.24, 2.45) is 0 Å². The molecule has 0 heterocycles. The average molecular weight is 403 g/mol. The van der Waals surface area contributed by atoms with Crippen LogP contribution in [0.25, 0.3) is 0 Å². The number of carboxylic acids is 1. The number of nitrogens with zero attached hydrogens (tertiary/aromatic N) is 1. The summed E-state index contributed by atoms with van der Waals surface area (Å²) in [5, 5.41) is 8.57. The lowest BCUT2D eigenvalue weighted by Gasteiger charge is -2.25. The Labute approximate surface area is 158 Å². The number of carbonyl (C=O) groups excluding carboxylic acids is 2. The van der Waals surface area contributed by atoms with Gasteiger partial charge in [0, 0.05) is 0 Å². The van der Waals surface area contributed by atoms with E-state index in [2.05, 4.69) is 4.74 Å². The Hall–Kier alpha value is -2.66. The summed E-state index contributed by atoms with van der Waals surface area (Å²) in [6.45, 7) is 3.50. The number of methoxy groups -OCH3 is 1. The first-order valence-corrected chi connectivity index (χ1v) is 8.68. The molecule has 0 spiro atoms. The van der Waals surface area contributed by atoms with E-state index in [4.69, 9.17) is 14.6 Å². The maximum absolute atomic E-state index is 12.0. The first-order chi connectivity index (χ1) is 12.4. The van der Waals surface area contributed by atoms with Gasteiger partial charge in [-0.25, -0.2) is 13.8 Å². The highest BCUT2D eigenvalue weighted by atomic mass is 32.2. The zero-order valence-corrected chi connectivity index (χ0v) is 16.1. The minimum Gasteiger partial charge on any atom is -0.495 e. The van der Waals surface area contributed by atoms with Gasteiger partial charge in [0.2, 0.25) is 0 Å². The van der Waals surface area contributed by atoms with Crippen molar-refractivity contribution in [1.29, 1.82) is 0 Å². The van der Waals surface area contributed by atoms with E-state index >= 15 is 0 Å². The summed E-state index contributed by atoms with van der Waals surface area (Å²) in [4.78, 5) is 34.5. The number of carbonyl (C=O) groups is 3. The summed E-state index contributed by atoms with van der Waals surface area (Å²) in [5.41, 5.74) is -0.938. The smallest absolute Gasteiger partial charge is 0.341 e. The van der Waals surface area contributed by atoms with Gasteiger partial charge in [0.05, 0.1) is 18.4 Å². The molecule has 0 radical (unpaired) electrons. The molecular weight excluding hydrogens is 382 g/mol. The second-order valence-corrected chi connectivity index (χ2v) is 7.11. The SMILES string of the molecule is COc1ccc(C(=O)OCC(=O)O)cc1N(CC(=O)OC(C)(C)C)S(=O)O. The van der Waals surface area contributed by atoms with Crippen molar-refractivity contribution in [2.45, 2.75) is 26.4 Å². The molecule has 0 amide bonds. The number of esters is 2. The van der Waals surface area contributed by atoms with Crippen LogP contribution >= 0.6 is 0 Å². The zero-order chi connectivity index (χ0) is 20.8. The van der Waals surface area contributed by atoms with Crippen LogP contribution in [0.15, 0.2) is 18.2 Å². The molecule has 1 rings (SSSR count). The molecule has 27 heavy (non-hydrogen) atoms. The van der Waals surface area contributed by atoms with Crippen molar-refractivity contribution in [1.82, 2.24) is 0 Å². The Morgan fingerprint density at radius 3 is 2.33 bits per heavy atom. The van der Waals surface area contributed by atoms with E-state index in [0.29, 0.717) is 0 Å². The molecule has 150 valence electrons. The maximum atomic E-state index is 12.0. The fourth-order valence-electron chi connectivity index (χ4n) is 1.94. The predicted octanol–water partition coefficient (Wildman–Crippen LogP) is 1.22. The lowest BCUT2D eigenvalue weighted by molar-refractivity contribution is -0.152. The van der Waals surface area contributed by atoms with Gasteiger partial charge in [-0.15, -0.1) is 0 Å². The third-order valence-electron chi connectivity index (χ3n) is 2.89. The number of anilines is 1. The van der Waals surface area contributed by atoms with Crippen LogP contribution in [0.4, 0.5) is 5.69 Å². The molecule has 0 aliphatic rings. The molecule has 0 aliphatic carbocycles. The van der Waals surface area contributed by atoms with Crippen LogP contribution in [0.2, 0.25) is 0 Å². The molecular formula is C16H21NO9S. The van der Waals surface area contributed by atoms with E-state index in [1.165, 1.54) is 19.2 Å². The van der Waals surface area contributed by atoms with E-state index in [-0.39, 0.29) is 17.0 Å². The highest BCUT2D eigenvalue weighted by Gasteiger charge is 2.25. The second kappa shape index (κ2) is 9.33. The van der Waals surface area contributed by atoms with Crippen molar-refractivity contribution < 1.29 is 42.5 Å². The van der Waals surface area contributed by atoms with Gasteiger partial charge in [0.15, 0.2) is 6.61 Å². The summed E-state index contributed by atoms with van der Waals surface area (Å²) in [7, 11) is 1.30. The van der Waals surface area contributed by atoms with E-state index in [1.54, 1.807) is 20.8 Å². The summed E-state index contributed by atoms with van der Waals surface area (Å²) < 4.78 is 36.9. The van der Waals surface area contributed by atoms with Gasteiger partial charge in [-0.1, -0.05) is 0 Å². The Morgan fingerprint density at radius 2 is 1.85 bits per heavy atom. The van der Waals surface area contributed by atoms with Gasteiger partial charge >= 0.3 is 17.9 Å². The van der Waals surface area contributed by atoms with Gasteiger partial charge < -0.3 is 19.3 Å². The first kappa shape index (κ1) is 22.4. The number of hydrogen-bond acceptors (Lipinski definition) is 7. The lowest BCUT2D eigenvalue weighted by Crippen LogP contribution is -2.36. The van der Waals surface area contributed by atoms with E-state index in [0.717, 1.165) is 10.4 Å². The number of carboxylic acid groups (broad SMARTS) is 1. The molecule has 0 saturated carbocycles. The number of aliphatic carboxylic acids is 1. The third kappa shape index (κ3) is 7.23. The molecule has 2 N–H and O–H groups in total. The van der Waals surface area contributed by atoms with Gasteiger partial charge in [0.25, 0.3) is 11.3 Å². The normalized spacial score (nSPS) is 12.0. The van der Waals surface area contributed by atoms with Crippen LogP contribution in [0, 0.1) is 0 Å². The fourth-order valence-corrected chi connectivity index (χ4v) is 2.46. The molecule has 0 aromatic heterocycles. The number of rotatable bonds is 8. The van der Waals surface area contributed by atoms with E-state index < -0.39 is 47.9 Å². The van der Waals surface area contributed by atoms with Crippen LogP contribution in [0.3, 0.4) is 0 Å². The van der Waals surface area contributed by atoms with Crippen LogP contribution < -0.4 is 9.04 Å². The number of hydrogen-bond donors (Lipinski definition) is 2. The molecule has 1 atom stereocenters. The molecule has 11 heteroatoms. The van der Waals surface area contributed by atoms with E-state index in [1.807, 2.05) is 0 Å². The first-order valence-electron chi connectivity index (χ1n) is 7.62. The maximum Gasteiger partial charge on any atom is 0.341 e. The molecule has 1 aromatic carbocycles. The van der Waals surface area contributed by atoms with Gasteiger partial charge in [-0.3, -0.25) is 13.7 Å². The topological polar surface area (TPSA) is 140 Å². The summed E-state index contributed by atoms with van der Waals surface area (Å²) in [6, 6.07) is 3.77. The van der Waals surface area contributed by atoms with Crippen LogP contribution in [-0.4, -0.2) is 57.6 Å². The van der Waals surface area contributed by atoms with Crippen LogP contribution in [-0.2, 0) is 30.3 Å². The van der Waals surface area contributed by atoms with Crippen LogP contribution in [0.1, 0.15) is 31.1 Å². The van der Waals surface area contributed by atoms with Gasteiger partial charge in [0.1, 0.15) is 17.9 Å². The standard InChI is InChI=1S/C16H21NO9S/c1-16(2,3)26-14(20)8-17(27(22)23)11-7-10(5-6-12(11)24-4)15(21)25-9-13(18)19/h5-7H,8-9H2,1-4H3,(H,18,19)(H,22,23). The second-order valence-electron chi connectivity index (χ2n) is 6.21. The van der Waals surface area contributed by atoms with Crippen molar-refractivity contribution >= 4 is 34.9 Å². The molecule has 0 fully saturated rings. The monoisotopic (exact) mass is 403 g/mol. The predicted molar refractivity (Wildman–Crippen MR) is 94.9 cm³/mol. The molecule has 0 bridgehead atoms. The minimum atomic E-state index is -2.64. The van der Waals surface area contributed by atoms with Gasteiger partial charge in [-0.2, -0.15) is 0 Å². The molecule has 1 aromatic rings. The molecule has 0 saturated heterocycles. The Kier molecular flexibility index (Phi) is 7.73. The highest BCUT2D eigenvalue weighted by Crippen LogP contribution is 2.30. The Balaban J connectivity index is 3.18. The molecule has 10 nitrogen and oxygen atoms in total. The number of ether oxygens (including phenoxy) is 3. The number of benzene rings is 1. The van der Waals surface area contributed by atoms with Crippen molar-refractivity contribution in [3.8, 4) is 5.75 Å².